The van der Waals surface area contributed by atoms with E-state index >= 15 is 0 Å². The summed E-state index contributed by atoms with van der Waals surface area (Å²) in [5.74, 6) is -1.02. The number of fused-ring (bicyclic) bond motifs is 1. The third-order valence-electron chi connectivity index (χ3n) is 4.49. The second-order valence-electron chi connectivity index (χ2n) is 6.99. The number of thiophene rings is 1. The van der Waals surface area contributed by atoms with Crippen LogP contribution >= 0.6 is 22.7 Å². The van der Waals surface area contributed by atoms with Crippen molar-refractivity contribution >= 4 is 55.1 Å². The van der Waals surface area contributed by atoms with Gasteiger partial charge in [-0.05, 0) is 36.8 Å². The first-order valence-electron chi connectivity index (χ1n) is 9.73. The van der Waals surface area contributed by atoms with Crippen LogP contribution in [0, 0.1) is 0 Å². The van der Waals surface area contributed by atoms with Gasteiger partial charge in [-0.25, -0.2) is 9.98 Å². The van der Waals surface area contributed by atoms with Gasteiger partial charge in [-0.15, -0.1) is 11.3 Å². The molecule has 176 valence electrons. The Kier molecular flexibility index (Phi) is 7.82. The molecular weight excluding hydrogens is 480 g/mol. The number of benzene rings is 1. The molecule has 0 aliphatic rings. The Morgan fingerprint density at radius 3 is 2.58 bits per heavy atom. The number of hydrogen-bond donors (Lipinski definition) is 3. The van der Waals surface area contributed by atoms with E-state index in [1.807, 2.05) is 19.1 Å². The van der Waals surface area contributed by atoms with E-state index in [-0.39, 0.29) is 17.0 Å². The number of aliphatic hydroxyl groups excluding tert-OH is 1. The highest BCUT2D eigenvalue weighted by Crippen LogP contribution is 2.33. The number of aliphatic imine (C=N–C) groups is 1. The normalized spacial score (nSPS) is 14.6. The second kappa shape index (κ2) is 10.4. The van der Waals surface area contributed by atoms with Crippen molar-refractivity contribution in [1.82, 2.24) is 4.98 Å². The van der Waals surface area contributed by atoms with Gasteiger partial charge in [0, 0.05) is 17.8 Å². The summed E-state index contributed by atoms with van der Waals surface area (Å²) < 4.78 is 50.9. The Morgan fingerprint density at radius 1 is 1.27 bits per heavy atom. The zero-order valence-electron chi connectivity index (χ0n) is 17.5. The Labute approximate surface area is 194 Å². The van der Waals surface area contributed by atoms with E-state index in [1.165, 1.54) is 12.3 Å². The number of carbonyl (C=O) groups is 1. The number of thiazole rings is 1. The molecule has 0 saturated heterocycles. The minimum atomic E-state index is -4.71. The predicted molar refractivity (Wildman–Crippen MR) is 124 cm³/mol. The van der Waals surface area contributed by atoms with Gasteiger partial charge in [-0.3, -0.25) is 4.79 Å². The van der Waals surface area contributed by atoms with Crippen LogP contribution in [-0.4, -0.2) is 41.0 Å². The van der Waals surface area contributed by atoms with Gasteiger partial charge in [0.15, 0.2) is 11.2 Å². The van der Waals surface area contributed by atoms with Crippen LogP contribution in [-0.2, 0) is 0 Å². The van der Waals surface area contributed by atoms with E-state index in [2.05, 4.69) is 20.6 Å². The quantitative estimate of drug-likeness (QED) is 0.203. The average molecular weight is 501 g/mol. The third-order valence-corrected chi connectivity index (χ3v) is 6.61. The molecule has 0 aliphatic heterocycles. The Morgan fingerprint density at radius 2 is 1.97 bits per heavy atom. The lowest BCUT2D eigenvalue weighted by Gasteiger charge is -2.14. The van der Waals surface area contributed by atoms with Crippen LogP contribution in [0.2, 0.25) is 0 Å². The van der Waals surface area contributed by atoms with Gasteiger partial charge in [-0.2, -0.15) is 17.6 Å². The maximum absolute atomic E-state index is 13.1. The molecule has 0 saturated carbocycles. The minimum absolute atomic E-state index is 0.115. The third kappa shape index (κ3) is 6.59. The van der Waals surface area contributed by atoms with Gasteiger partial charge in [0.2, 0.25) is 5.95 Å². The number of nitrogens with one attached hydrogen (secondary N) is 2. The van der Waals surface area contributed by atoms with Gasteiger partial charge in [0.05, 0.1) is 16.1 Å². The van der Waals surface area contributed by atoms with Gasteiger partial charge >= 0.3 is 6.18 Å². The SMILES string of the molecule is C/C=C(F)\N=C/C(C)c1ccc(NC(=O)c2cc3sc(NCC(O)C(F)(F)F)nc3s2)cc1. The van der Waals surface area contributed by atoms with Crippen molar-refractivity contribution in [2.24, 2.45) is 4.99 Å². The monoisotopic (exact) mass is 500 g/mol. The summed E-state index contributed by atoms with van der Waals surface area (Å²) in [6.45, 7) is 2.72. The first-order chi connectivity index (χ1) is 15.6. The van der Waals surface area contributed by atoms with Gasteiger partial charge in [0.1, 0.15) is 4.83 Å². The molecule has 0 radical (unpaired) electrons. The van der Waals surface area contributed by atoms with E-state index in [0.717, 1.165) is 28.2 Å². The number of amides is 1. The molecular formula is C21H20F4N4O2S2. The van der Waals surface area contributed by atoms with Crippen molar-refractivity contribution in [3.63, 3.8) is 0 Å². The van der Waals surface area contributed by atoms with Gasteiger partial charge < -0.3 is 15.7 Å². The zero-order valence-corrected chi connectivity index (χ0v) is 19.1. The first-order valence-corrected chi connectivity index (χ1v) is 11.4. The van der Waals surface area contributed by atoms with Crippen molar-refractivity contribution < 1.29 is 27.5 Å². The molecule has 2 aromatic heterocycles. The zero-order chi connectivity index (χ0) is 24.2. The summed E-state index contributed by atoms with van der Waals surface area (Å²) in [7, 11) is 0. The largest absolute Gasteiger partial charge is 0.416 e. The van der Waals surface area contributed by atoms with Crippen LogP contribution < -0.4 is 10.6 Å². The fraction of sp³-hybridized carbons (Fsp3) is 0.286. The van der Waals surface area contributed by atoms with Crippen LogP contribution in [0.4, 0.5) is 28.4 Å². The number of aliphatic hydroxyl groups is 1. The minimum Gasteiger partial charge on any atom is -0.382 e. The summed E-state index contributed by atoms with van der Waals surface area (Å²) in [5.41, 5.74) is 1.47. The van der Waals surface area contributed by atoms with Crippen molar-refractivity contribution in [3.05, 3.63) is 52.8 Å². The summed E-state index contributed by atoms with van der Waals surface area (Å²) >= 11 is 2.20. The number of hydrogen-bond acceptors (Lipinski definition) is 7. The molecule has 1 aromatic carbocycles. The maximum Gasteiger partial charge on any atom is 0.416 e. The number of allylic oxidation sites excluding steroid dienone is 1. The summed E-state index contributed by atoms with van der Waals surface area (Å²) in [6, 6.07) is 8.68. The van der Waals surface area contributed by atoms with Crippen LogP contribution in [0.15, 0.2) is 47.4 Å². The van der Waals surface area contributed by atoms with E-state index in [4.69, 9.17) is 5.11 Å². The summed E-state index contributed by atoms with van der Waals surface area (Å²) in [5, 5.41) is 14.5. The lowest BCUT2D eigenvalue weighted by molar-refractivity contribution is -0.198. The topological polar surface area (TPSA) is 86.6 Å². The van der Waals surface area contributed by atoms with Gasteiger partial charge in [-0.1, -0.05) is 30.4 Å². The fourth-order valence-electron chi connectivity index (χ4n) is 2.63. The fourth-order valence-corrected chi connectivity index (χ4v) is 4.65. The number of anilines is 2. The predicted octanol–water partition coefficient (Wildman–Crippen LogP) is 5.95. The van der Waals surface area contributed by atoms with Crippen molar-refractivity contribution in [2.75, 3.05) is 17.2 Å². The highest BCUT2D eigenvalue weighted by molar-refractivity contribution is 7.29. The molecule has 12 heteroatoms. The Hall–Kier alpha value is -2.83. The van der Waals surface area contributed by atoms with E-state index in [1.54, 1.807) is 25.1 Å². The number of alkyl halides is 3. The summed E-state index contributed by atoms with van der Waals surface area (Å²) in [6.07, 6.45) is -4.43. The Bertz CT molecular complexity index is 1140. The van der Waals surface area contributed by atoms with E-state index < -0.39 is 24.8 Å². The first kappa shape index (κ1) is 24.8. The number of carbonyl (C=O) groups excluding carboxylic acids is 1. The summed E-state index contributed by atoms with van der Waals surface area (Å²) in [4.78, 5) is 21.3. The molecule has 0 fully saturated rings. The number of rotatable bonds is 8. The lowest BCUT2D eigenvalue weighted by Crippen LogP contribution is -2.34. The average Bonchev–Trinajstić information content (AvgIpc) is 3.34. The molecule has 2 unspecified atom stereocenters. The van der Waals surface area contributed by atoms with Gasteiger partial charge in [0.25, 0.3) is 5.91 Å². The number of halogens is 4. The van der Waals surface area contributed by atoms with Crippen molar-refractivity contribution in [1.29, 1.82) is 0 Å². The van der Waals surface area contributed by atoms with Crippen LogP contribution in [0.1, 0.15) is 35.0 Å². The molecule has 3 N–H and O–H groups in total. The molecule has 0 bridgehead atoms. The van der Waals surface area contributed by atoms with Crippen LogP contribution in [0.3, 0.4) is 0 Å². The highest BCUT2D eigenvalue weighted by Gasteiger charge is 2.38. The van der Waals surface area contributed by atoms with Crippen molar-refractivity contribution in [3.8, 4) is 0 Å². The maximum atomic E-state index is 13.1. The molecule has 0 aliphatic carbocycles. The van der Waals surface area contributed by atoms with Crippen molar-refractivity contribution in [2.45, 2.75) is 32.0 Å². The van der Waals surface area contributed by atoms with Crippen LogP contribution in [0.5, 0.6) is 0 Å². The molecule has 0 spiro atoms. The van der Waals surface area contributed by atoms with Crippen LogP contribution in [0.25, 0.3) is 9.53 Å². The standard InChI is InChI=1S/C21H20F4N4O2S2/c1-3-17(22)26-9-11(2)12-4-6-13(7-5-12)28-18(31)14-8-15-19(32-14)29-20(33-15)27-10-16(30)21(23,24)25/h3-9,11,16,30H,10H2,1-2H3,(H,27,29)(H,28,31)/b17-3-,26-9-. The number of nitrogens with zero attached hydrogens (tertiary/aromatic N) is 2. The molecule has 1 amide bonds. The highest BCUT2D eigenvalue weighted by atomic mass is 32.1. The second-order valence-corrected chi connectivity index (χ2v) is 9.05. The lowest BCUT2D eigenvalue weighted by atomic mass is 10.0. The molecule has 6 nitrogen and oxygen atoms in total. The number of aromatic nitrogens is 1. The molecule has 2 atom stereocenters. The smallest absolute Gasteiger partial charge is 0.382 e. The Balaban J connectivity index is 1.60. The molecule has 33 heavy (non-hydrogen) atoms. The molecule has 3 aromatic rings. The van der Waals surface area contributed by atoms with E-state index in [0.29, 0.717) is 20.1 Å². The molecule has 2 heterocycles. The molecule has 3 rings (SSSR count). The van der Waals surface area contributed by atoms with E-state index in [9.17, 15) is 22.4 Å².